The first-order chi connectivity index (χ1) is 4.00. The molecule has 0 spiro atoms. The van der Waals surface area contributed by atoms with E-state index in [0.717, 1.165) is 0 Å². The zero-order chi connectivity index (χ0) is 6.24. The van der Waals surface area contributed by atoms with Gasteiger partial charge in [-0.3, -0.25) is 0 Å². The molecule has 0 atom stereocenters. The molecule has 0 saturated heterocycles. The second-order valence-electron chi connectivity index (χ2n) is 1.65. The summed E-state index contributed by atoms with van der Waals surface area (Å²) < 4.78 is 8.34. The van der Waals surface area contributed by atoms with Gasteiger partial charge in [0.05, 0.1) is 0 Å². The minimum absolute atomic E-state index is 0.300. The Labute approximate surface area is 63.6 Å². The van der Waals surface area contributed by atoms with Crippen LogP contribution in [0, 0.1) is 6.08 Å². The normalized spacial score (nSPS) is 16.5. The van der Waals surface area contributed by atoms with Crippen molar-refractivity contribution in [2.45, 2.75) is 25.7 Å². The van der Waals surface area contributed by atoms with Crippen LogP contribution >= 0.6 is 0 Å². The molecule has 0 aromatic heterocycles. The van der Waals surface area contributed by atoms with Gasteiger partial charge < -0.3 is 0 Å². The Kier molecular flexibility index (Phi) is 7.65. The standard InChI is InChI=1S/C6H9.O.Sn/c1-2-4-6-5-3-1;;/h1H,2,4-6H2;;. The van der Waals surface area contributed by atoms with Gasteiger partial charge in [-0.25, -0.2) is 0 Å². The van der Waals surface area contributed by atoms with Crippen LogP contribution in [0.1, 0.15) is 25.7 Å². The van der Waals surface area contributed by atoms with Crippen LogP contribution in [0.25, 0.3) is 0 Å². The molecule has 0 bridgehead atoms. The van der Waals surface area contributed by atoms with Crippen molar-refractivity contribution in [1.29, 1.82) is 0 Å². The van der Waals surface area contributed by atoms with E-state index in [1.807, 2.05) is 0 Å². The Morgan fingerprint density at radius 3 is 2.25 bits per heavy atom. The van der Waals surface area contributed by atoms with Crippen LogP contribution in [-0.2, 0) is 3.08 Å². The Morgan fingerprint density at radius 1 is 1.38 bits per heavy atom. The Morgan fingerprint density at radius 2 is 2.12 bits per heavy atom. The third kappa shape index (κ3) is 4.50. The quantitative estimate of drug-likeness (QED) is 0.559. The second-order valence-corrected chi connectivity index (χ2v) is 1.65. The predicted molar refractivity (Wildman–Crippen MR) is 32.7 cm³/mol. The first-order valence-electron chi connectivity index (χ1n) is 2.75. The molecule has 1 nitrogen and oxygen atoms in total. The molecule has 0 N–H and O–H groups in total. The molecule has 3 radical (unpaired) electrons. The zero-order valence-corrected chi connectivity index (χ0v) is 7.67. The van der Waals surface area contributed by atoms with E-state index < -0.39 is 0 Å². The van der Waals surface area contributed by atoms with Crippen LogP contribution in [-0.4, -0.2) is 22.5 Å². The summed E-state index contributed by atoms with van der Waals surface area (Å²) in [6.45, 7) is 0. The molecule has 0 heterocycles. The summed E-state index contributed by atoms with van der Waals surface area (Å²) >= 11 is 0.300. The predicted octanol–water partition coefficient (Wildman–Crippen LogP) is 1.42. The number of hydrogen-bond donors (Lipinski definition) is 0. The third-order valence-electron chi connectivity index (χ3n) is 1.06. The summed E-state index contributed by atoms with van der Waals surface area (Å²) in [5.74, 6) is 0. The molecule has 0 fully saturated rings. The zero-order valence-electron chi connectivity index (χ0n) is 4.81. The van der Waals surface area contributed by atoms with Crippen LogP contribution in [0.15, 0.2) is 6.08 Å². The molecular weight excluding hydrogens is 207 g/mol. The summed E-state index contributed by atoms with van der Waals surface area (Å²) in [6.07, 6.45) is 10.5. The van der Waals surface area contributed by atoms with E-state index in [0.29, 0.717) is 22.5 Å². The molecule has 0 amide bonds. The minimum atomic E-state index is 0.300. The van der Waals surface area contributed by atoms with Gasteiger partial charge in [0.15, 0.2) is 0 Å². The second kappa shape index (κ2) is 7.34. The molecule has 0 aromatic rings. The topological polar surface area (TPSA) is 17.1 Å². The van der Waals surface area contributed by atoms with Crippen molar-refractivity contribution in [1.82, 2.24) is 0 Å². The van der Waals surface area contributed by atoms with Crippen molar-refractivity contribution in [2.75, 3.05) is 0 Å². The van der Waals surface area contributed by atoms with Crippen LogP contribution in [0.2, 0.25) is 0 Å². The fraction of sp³-hybridized carbons (Fsp3) is 0.667. The summed E-state index contributed by atoms with van der Waals surface area (Å²) in [5, 5.41) is 0. The van der Waals surface area contributed by atoms with Gasteiger partial charge in [0.1, 0.15) is 0 Å². The van der Waals surface area contributed by atoms with E-state index in [4.69, 9.17) is 3.08 Å². The molecule has 8 heavy (non-hydrogen) atoms. The summed E-state index contributed by atoms with van der Waals surface area (Å²) in [4.78, 5) is 0. The van der Waals surface area contributed by atoms with Gasteiger partial charge in [-0.05, 0) is 31.8 Å². The van der Waals surface area contributed by atoms with Gasteiger partial charge >= 0.3 is 25.6 Å². The third-order valence-corrected chi connectivity index (χ3v) is 1.06. The van der Waals surface area contributed by atoms with Crippen molar-refractivity contribution < 1.29 is 3.08 Å². The summed E-state index contributed by atoms with van der Waals surface area (Å²) in [5.41, 5.74) is 0. The van der Waals surface area contributed by atoms with Crippen LogP contribution in [0.5, 0.6) is 0 Å². The molecule has 1 aliphatic carbocycles. The van der Waals surface area contributed by atoms with Crippen molar-refractivity contribution in [2.24, 2.45) is 0 Å². The van der Waals surface area contributed by atoms with Gasteiger partial charge in [-0.1, -0.05) is 6.08 Å². The molecule has 0 aromatic carbocycles. The molecule has 0 aliphatic heterocycles. The molecule has 0 saturated carbocycles. The van der Waals surface area contributed by atoms with E-state index in [9.17, 15) is 0 Å². The van der Waals surface area contributed by atoms with Crippen molar-refractivity contribution in [3.8, 4) is 0 Å². The monoisotopic (exact) mass is 217 g/mol. The van der Waals surface area contributed by atoms with Crippen molar-refractivity contribution >= 4 is 22.5 Å². The van der Waals surface area contributed by atoms with Gasteiger partial charge in [-0.2, -0.15) is 0 Å². The average Bonchev–Trinajstić information content (AvgIpc) is 1.96. The maximum atomic E-state index is 8.34. The SMILES string of the molecule is [C]1=CCCCC1.[O]=[Sn]. The van der Waals surface area contributed by atoms with Crippen LogP contribution < -0.4 is 0 Å². The molecule has 0 unspecified atom stereocenters. The molecule has 43 valence electrons. The molecule has 1 rings (SSSR count). The molecular formula is C6H9OSn. The van der Waals surface area contributed by atoms with Crippen LogP contribution in [0.4, 0.5) is 0 Å². The summed E-state index contributed by atoms with van der Waals surface area (Å²) in [6, 6.07) is 0. The van der Waals surface area contributed by atoms with Crippen LogP contribution in [0.3, 0.4) is 0 Å². The van der Waals surface area contributed by atoms with Crippen molar-refractivity contribution in [3.63, 3.8) is 0 Å². The van der Waals surface area contributed by atoms with Gasteiger partial charge in [-0.15, -0.1) is 0 Å². The van der Waals surface area contributed by atoms with E-state index in [1.165, 1.54) is 25.7 Å². The Balaban J connectivity index is 0.000000222. The maximum absolute atomic E-state index is 8.34. The Hall–Kier alpha value is 0.339. The van der Waals surface area contributed by atoms with Gasteiger partial charge in [0.2, 0.25) is 0 Å². The Bertz CT molecular complexity index is 62.9. The van der Waals surface area contributed by atoms with Gasteiger partial charge in [0, 0.05) is 0 Å². The van der Waals surface area contributed by atoms with E-state index >= 15 is 0 Å². The van der Waals surface area contributed by atoms with Gasteiger partial charge in [0.25, 0.3) is 0 Å². The number of rotatable bonds is 0. The van der Waals surface area contributed by atoms with E-state index in [2.05, 4.69) is 12.2 Å². The first-order valence-corrected chi connectivity index (χ1v) is 3.92. The molecule has 1 aliphatic rings. The number of allylic oxidation sites excluding steroid dienone is 2. The summed E-state index contributed by atoms with van der Waals surface area (Å²) in [7, 11) is 0. The fourth-order valence-corrected chi connectivity index (χ4v) is 0.678. The molecule has 2 heteroatoms. The number of hydrogen-bond acceptors (Lipinski definition) is 1. The fourth-order valence-electron chi connectivity index (χ4n) is 0.678. The average molecular weight is 216 g/mol. The van der Waals surface area contributed by atoms with Crippen molar-refractivity contribution in [3.05, 3.63) is 12.2 Å². The van der Waals surface area contributed by atoms with E-state index in [1.54, 1.807) is 0 Å². The van der Waals surface area contributed by atoms with E-state index in [-0.39, 0.29) is 0 Å². The first kappa shape index (κ1) is 8.34.